The van der Waals surface area contributed by atoms with E-state index in [9.17, 15) is 18.4 Å². The van der Waals surface area contributed by atoms with Crippen LogP contribution < -0.4 is 5.32 Å². The maximum atomic E-state index is 13.9. The van der Waals surface area contributed by atoms with Crippen LogP contribution in [-0.4, -0.2) is 52.5 Å². The van der Waals surface area contributed by atoms with Crippen LogP contribution in [0, 0.1) is 0 Å². The Balaban J connectivity index is 2.16. The van der Waals surface area contributed by atoms with Crippen molar-refractivity contribution >= 4 is 35.2 Å². The lowest BCUT2D eigenvalue weighted by molar-refractivity contribution is -0.0792. The van der Waals surface area contributed by atoms with Crippen LogP contribution in [0.4, 0.5) is 13.6 Å². The van der Waals surface area contributed by atoms with Crippen molar-refractivity contribution in [2.75, 3.05) is 13.2 Å². The normalized spacial score (nSPS) is 19.5. The summed E-state index contributed by atoms with van der Waals surface area (Å²) in [5.41, 5.74) is -0.726. The molecule has 27 heavy (non-hydrogen) atoms. The molecule has 1 aliphatic rings. The number of rotatable bonds is 3. The number of pyridine rings is 1. The van der Waals surface area contributed by atoms with Crippen molar-refractivity contribution in [3.8, 4) is 0 Å². The number of alkyl carbamates (subject to hydrolysis) is 1. The van der Waals surface area contributed by atoms with Gasteiger partial charge >= 0.3 is 6.09 Å². The van der Waals surface area contributed by atoms with Gasteiger partial charge in [-0.25, -0.2) is 18.6 Å². The number of carbonyl (C=O) groups is 2. The average molecular weight is 424 g/mol. The molecule has 1 aromatic rings. The molecule has 2 rings (SSSR count). The number of hydrogen-bond acceptors (Lipinski definition) is 4. The number of nitrogens with zero attached hydrogens (tertiary/aromatic N) is 2. The van der Waals surface area contributed by atoms with E-state index in [1.165, 1.54) is 12.1 Å². The second kappa shape index (κ2) is 8.14. The van der Waals surface area contributed by atoms with Gasteiger partial charge in [-0.2, -0.15) is 0 Å². The molecule has 1 atom stereocenters. The molecule has 6 nitrogen and oxygen atoms in total. The number of ether oxygens (including phenoxy) is 1. The van der Waals surface area contributed by atoms with Gasteiger partial charge in [-0.05, 0) is 39.3 Å². The molecule has 0 bridgehead atoms. The lowest BCUT2D eigenvalue weighted by Crippen LogP contribution is -2.54. The third-order valence-electron chi connectivity index (χ3n) is 3.85. The van der Waals surface area contributed by atoms with Crippen molar-refractivity contribution in [3.63, 3.8) is 0 Å². The fourth-order valence-electron chi connectivity index (χ4n) is 2.62. The molecule has 1 N–H and O–H groups in total. The van der Waals surface area contributed by atoms with Crippen molar-refractivity contribution in [1.29, 1.82) is 0 Å². The summed E-state index contributed by atoms with van der Waals surface area (Å²) in [5.74, 6) is -3.84. The van der Waals surface area contributed by atoms with E-state index in [4.69, 9.17) is 27.9 Å². The summed E-state index contributed by atoms with van der Waals surface area (Å²) in [4.78, 5) is 29.4. The molecule has 150 valence electrons. The predicted octanol–water partition coefficient (Wildman–Crippen LogP) is 4.15. The highest BCUT2D eigenvalue weighted by Gasteiger charge is 2.43. The van der Waals surface area contributed by atoms with Gasteiger partial charge in [-0.15, -0.1) is 0 Å². The van der Waals surface area contributed by atoms with Crippen LogP contribution in [0.15, 0.2) is 12.1 Å². The predicted molar refractivity (Wildman–Crippen MR) is 97.5 cm³/mol. The van der Waals surface area contributed by atoms with E-state index in [1.54, 1.807) is 20.8 Å². The Hall–Kier alpha value is -1.67. The van der Waals surface area contributed by atoms with E-state index < -0.39 is 42.5 Å². The Morgan fingerprint density at radius 2 is 2.04 bits per heavy atom. The molecule has 0 aromatic carbocycles. The van der Waals surface area contributed by atoms with Gasteiger partial charge in [0.2, 0.25) is 0 Å². The van der Waals surface area contributed by atoms with Gasteiger partial charge in [0.15, 0.2) is 0 Å². The second-order valence-corrected chi connectivity index (χ2v) is 8.21. The zero-order chi connectivity index (χ0) is 20.4. The van der Waals surface area contributed by atoms with Gasteiger partial charge in [0.05, 0.1) is 17.6 Å². The molecule has 10 heteroatoms. The Kier molecular flexibility index (Phi) is 6.52. The van der Waals surface area contributed by atoms with Crippen LogP contribution in [0.25, 0.3) is 0 Å². The summed E-state index contributed by atoms with van der Waals surface area (Å²) < 4.78 is 33.0. The minimum atomic E-state index is -3.05. The Morgan fingerprint density at radius 3 is 2.67 bits per heavy atom. The molecule has 2 amide bonds. The largest absolute Gasteiger partial charge is 0.447 e. The van der Waals surface area contributed by atoms with E-state index in [0.29, 0.717) is 0 Å². The highest BCUT2D eigenvalue weighted by atomic mass is 35.5. The minimum absolute atomic E-state index is 0.00318. The summed E-state index contributed by atoms with van der Waals surface area (Å²) in [6.45, 7) is 4.29. The van der Waals surface area contributed by atoms with Crippen molar-refractivity contribution in [3.05, 3.63) is 28.0 Å². The monoisotopic (exact) mass is 423 g/mol. The smallest absolute Gasteiger partial charge is 0.407 e. The summed E-state index contributed by atoms with van der Waals surface area (Å²) >= 11 is 11.8. The van der Waals surface area contributed by atoms with E-state index in [0.717, 1.165) is 4.90 Å². The SMILES string of the molecule is CC(C)(C)NC(=O)OC[C@H]1CCC(F)(F)CN1C(=O)c1nc(Cl)ccc1Cl. The molecule has 1 aliphatic heterocycles. The highest BCUT2D eigenvalue weighted by Crippen LogP contribution is 2.32. The fraction of sp³-hybridized carbons (Fsp3) is 0.588. The Labute approximate surface area is 166 Å². The molecule has 0 unspecified atom stereocenters. The van der Waals surface area contributed by atoms with E-state index in [-0.39, 0.29) is 28.9 Å². The molecule has 1 fully saturated rings. The van der Waals surface area contributed by atoms with Crippen LogP contribution in [0.1, 0.15) is 44.1 Å². The third kappa shape index (κ3) is 6.17. The van der Waals surface area contributed by atoms with Gasteiger partial charge in [0.1, 0.15) is 17.5 Å². The summed E-state index contributed by atoms with van der Waals surface area (Å²) in [6.07, 6.45) is -1.13. The topological polar surface area (TPSA) is 71.5 Å². The number of amides is 2. The zero-order valence-electron chi connectivity index (χ0n) is 15.2. The minimum Gasteiger partial charge on any atom is -0.447 e. The van der Waals surface area contributed by atoms with Crippen molar-refractivity contribution in [1.82, 2.24) is 15.2 Å². The number of halogens is 4. The maximum absolute atomic E-state index is 13.9. The first-order valence-electron chi connectivity index (χ1n) is 8.34. The molecular weight excluding hydrogens is 403 g/mol. The van der Waals surface area contributed by atoms with E-state index in [2.05, 4.69) is 10.3 Å². The number of nitrogens with one attached hydrogen (secondary N) is 1. The maximum Gasteiger partial charge on any atom is 0.407 e. The van der Waals surface area contributed by atoms with Crippen LogP contribution in [0.5, 0.6) is 0 Å². The Morgan fingerprint density at radius 1 is 1.37 bits per heavy atom. The number of hydrogen-bond donors (Lipinski definition) is 1. The first-order chi connectivity index (χ1) is 12.4. The van der Waals surface area contributed by atoms with E-state index >= 15 is 0 Å². The molecule has 1 aromatic heterocycles. The van der Waals surface area contributed by atoms with Crippen LogP contribution >= 0.6 is 23.2 Å². The molecule has 0 radical (unpaired) electrons. The lowest BCUT2D eigenvalue weighted by atomic mass is 9.99. The summed E-state index contributed by atoms with van der Waals surface area (Å²) in [7, 11) is 0. The zero-order valence-corrected chi connectivity index (χ0v) is 16.7. The van der Waals surface area contributed by atoms with Crippen LogP contribution in [0.3, 0.4) is 0 Å². The second-order valence-electron chi connectivity index (χ2n) is 7.42. The number of alkyl halides is 2. The number of carbonyl (C=O) groups excluding carboxylic acids is 2. The summed E-state index contributed by atoms with van der Waals surface area (Å²) in [5, 5.41) is 2.62. The van der Waals surface area contributed by atoms with Crippen molar-refractivity contribution in [2.24, 2.45) is 0 Å². The fourth-order valence-corrected chi connectivity index (χ4v) is 2.95. The molecule has 0 spiro atoms. The quantitative estimate of drug-likeness (QED) is 0.740. The van der Waals surface area contributed by atoms with Gasteiger partial charge in [-0.3, -0.25) is 4.79 Å². The molecule has 0 aliphatic carbocycles. The van der Waals surface area contributed by atoms with Crippen molar-refractivity contribution < 1.29 is 23.1 Å². The first-order valence-corrected chi connectivity index (χ1v) is 9.09. The standard InChI is InChI=1S/C17H21Cl2F2N3O3/c1-16(2,3)23-15(26)27-8-10-6-7-17(20,21)9-24(10)14(25)13-11(18)4-5-12(19)22-13/h4-5,10H,6-9H2,1-3H3,(H,23,26)/t10-/m1/s1. The number of piperidine rings is 1. The van der Waals surface area contributed by atoms with Gasteiger partial charge < -0.3 is 15.0 Å². The third-order valence-corrected chi connectivity index (χ3v) is 4.36. The first kappa shape index (κ1) is 21.6. The van der Waals surface area contributed by atoms with Crippen LogP contribution in [-0.2, 0) is 4.74 Å². The highest BCUT2D eigenvalue weighted by molar-refractivity contribution is 6.34. The number of aromatic nitrogens is 1. The number of likely N-dealkylation sites (tertiary alicyclic amines) is 1. The molecule has 0 saturated carbocycles. The summed E-state index contributed by atoms with van der Waals surface area (Å²) in [6, 6.07) is 2.04. The lowest BCUT2D eigenvalue weighted by Gasteiger charge is -2.39. The Bertz CT molecular complexity index is 726. The van der Waals surface area contributed by atoms with Gasteiger partial charge in [-0.1, -0.05) is 23.2 Å². The van der Waals surface area contributed by atoms with E-state index in [1.807, 2.05) is 0 Å². The van der Waals surface area contributed by atoms with Crippen molar-refractivity contribution in [2.45, 2.75) is 51.1 Å². The van der Waals surface area contributed by atoms with Gasteiger partial charge in [0, 0.05) is 12.0 Å². The van der Waals surface area contributed by atoms with Crippen LogP contribution in [0.2, 0.25) is 10.2 Å². The molecular formula is C17H21Cl2F2N3O3. The average Bonchev–Trinajstić information content (AvgIpc) is 2.53. The van der Waals surface area contributed by atoms with Gasteiger partial charge in [0.25, 0.3) is 11.8 Å². The molecule has 1 saturated heterocycles. The molecule has 2 heterocycles.